The monoisotopic (exact) mass is 406 g/mol. The van der Waals surface area contributed by atoms with Crippen LogP contribution in [0.15, 0.2) is 0 Å². The molecular weight excluding hydrogens is 380 g/mol. The summed E-state index contributed by atoms with van der Waals surface area (Å²) < 4.78 is 0. The highest BCUT2D eigenvalue weighted by Gasteiger charge is 2.45. The van der Waals surface area contributed by atoms with Crippen LogP contribution in [0.25, 0.3) is 0 Å². The van der Waals surface area contributed by atoms with Crippen molar-refractivity contribution in [1.29, 1.82) is 0 Å². The average Bonchev–Trinajstić information content (AvgIpc) is 3.49. The molecule has 0 aliphatic rings. The number of H-pyrrole nitrogens is 3. The maximum Gasteiger partial charge on any atom is 0.155 e. The van der Waals surface area contributed by atoms with Crippen molar-refractivity contribution in [2.45, 2.75) is 44.1 Å². The summed E-state index contributed by atoms with van der Waals surface area (Å²) in [6, 6.07) is 0. The van der Waals surface area contributed by atoms with E-state index in [-0.39, 0.29) is 19.8 Å². The number of aromatic amines is 3. The van der Waals surface area contributed by atoms with Crippen LogP contribution in [0.2, 0.25) is 0 Å². The molecule has 0 spiro atoms. The summed E-state index contributed by atoms with van der Waals surface area (Å²) in [5, 5.41) is 60.9. The smallest absolute Gasteiger partial charge is 0.155 e. The molecule has 0 aliphatic heterocycles. The Bertz CT molecular complexity index is 776. The molecule has 3 aromatic heterocycles. The molecule has 0 bridgehead atoms. The van der Waals surface area contributed by atoms with E-state index in [1.165, 1.54) is 0 Å². The van der Waals surface area contributed by atoms with Crippen LogP contribution in [-0.4, -0.2) is 81.4 Å². The van der Waals surface area contributed by atoms with Gasteiger partial charge in [-0.05, 0) is 38.5 Å². The summed E-state index contributed by atoms with van der Waals surface area (Å²) in [6.07, 6.45) is 2.82. The van der Waals surface area contributed by atoms with Gasteiger partial charge < -0.3 is 21.1 Å². The first-order chi connectivity index (χ1) is 14.2. The molecule has 158 valence electrons. The van der Waals surface area contributed by atoms with Crippen molar-refractivity contribution in [3.8, 4) is 0 Å². The molecule has 3 rings (SSSR count). The Hall–Kier alpha value is -2.74. The van der Waals surface area contributed by atoms with Gasteiger partial charge in [-0.15, -0.1) is 0 Å². The van der Waals surface area contributed by atoms with Gasteiger partial charge in [-0.25, -0.2) is 0 Å². The normalized spacial score (nSPS) is 12.0. The van der Waals surface area contributed by atoms with E-state index in [1.54, 1.807) is 0 Å². The summed E-state index contributed by atoms with van der Waals surface area (Å²) in [5.74, 6) is 0. The van der Waals surface area contributed by atoms with Gasteiger partial charge in [0.1, 0.15) is 17.1 Å². The Kier molecular flexibility index (Phi) is 6.98. The third-order valence-corrected chi connectivity index (χ3v) is 4.70. The number of nitrogens with zero attached hydrogens (tertiary/aromatic N) is 6. The van der Waals surface area contributed by atoms with E-state index in [1.807, 2.05) is 0 Å². The number of nitrogens with two attached hydrogens (primary N) is 1. The Balaban J connectivity index is 2.14. The third-order valence-electron chi connectivity index (χ3n) is 4.70. The van der Waals surface area contributed by atoms with Gasteiger partial charge in [0.15, 0.2) is 5.54 Å². The molecule has 0 saturated heterocycles. The molecule has 8 N–H and O–H groups in total. The highest BCUT2D eigenvalue weighted by atomic mass is 16.3. The van der Waals surface area contributed by atoms with Crippen LogP contribution in [0, 0.1) is 0 Å². The lowest BCUT2D eigenvalue weighted by Gasteiger charge is -2.26. The Morgan fingerprint density at radius 2 is 0.897 bits per heavy atom. The average molecular weight is 406 g/mol. The number of aliphatic hydroxyl groups is 3. The van der Waals surface area contributed by atoms with Crippen LogP contribution in [0.4, 0.5) is 0 Å². The minimum atomic E-state index is -1.42. The van der Waals surface area contributed by atoms with Crippen LogP contribution in [0.1, 0.15) is 53.4 Å². The van der Waals surface area contributed by atoms with Crippen molar-refractivity contribution in [3.05, 3.63) is 34.2 Å². The zero-order valence-electron chi connectivity index (χ0n) is 16.0. The minimum Gasteiger partial charge on any atom is -0.396 e. The SMILES string of the molecule is NC(c1n[nH]nc1CCCO)(c1n[nH]nc1CCCO)c1n[nH]nc1CCCO. The van der Waals surface area contributed by atoms with Crippen molar-refractivity contribution in [3.63, 3.8) is 0 Å². The lowest BCUT2D eigenvalue weighted by atomic mass is 9.83. The second-order valence-corrected chi connectivity index (χ2v) is 6.65. The molecule has 0 atom stereocenters. The number of aliphatic hydroxyl groups excluding tert-OH is 3. The van der Waals surface area contributed by atoms with Crippen molar-refractivity contribution >= 4 is 0 Å². The van der Waals surface area contributed by atoms with Gasteiger partial charge >= 0.3 is 0 Å². The molecule has 0 unspecified atom stereocenters. The van der Waals surface area contributed by atoms with Gasteiger partial charge in [0.25, 0.3) is 0 Å². The second-order valence-electron chi connectivity index (χ2n) is 6.65. The first kappa shape index (κ1) is 21.0. The van der Waals surface area contributed by atoms with E-state index in [4.69, 9.17) is 5.73 Å². The first-order valence-electron chi connectivity index (χ1n) is 9.48. The third kappa shape index (κ3) is 4.17. The zero-order valence-corrected chi connectivity index (χ0v) is 16.0. The maximum atomic E-state index is 9.22. The first-order valence-corrected chi connectivity index (χ1v) is 9.48. The van der Waals surface area contributed by atoms with Crippen LogP contribution in [-0.2, 0) is 24.8 Å². The lowest BCUT2D eigenvalue weighted by molar-refractivity contribution is 0.287. The quantitative estimate of drug-likeness (QED) is 0.177. The summed E-state index contributed by atoms with van der Waals surface area (Å²) in [4.78, 5) is 0. The Morgan fingerprint density at radius 3 is 1.17 bits per heavy atom. The Labute approximate surface area is 166 Å². The largest absolute Gasteiger partial charge is 0.396 e. The molecule has 0 fully saturated rings. The molecule has 0 aliphatic carbocycles. The minimum absolute atomic E-state index is 0.00128. The molecule has 29 heavy (non-hydrogen) atoms. The number of rotatable bonds is 12. The lowest BCUT2D eigenvalue weighted by Crippen LogP contribution is -2.43. The number of aryl methyl sites for hydroxylation is 3. The van der Waals surface area contributed by atoms with Gasteiger partial charge in [-0.3, -0.25) is 0 Å². The summed E-state index contributed by atoms with van der Waals surface area (Å²) >= 11 is 0. The summed E-state index contributed by atoms with van der Waals surface area (Å²) in [7, 11) is 0. The second kappa shape index (κ2) is 9.65. The van der Waals surface area contributed by atoms with Gasteiger partial charge in [-0.1, -0.05) is 0 Å². The van der Waals surface area contributed by atoms with Crippen molar-refractivity contribution in [2.75, 3.05) is 19.8 Å². The van der Waals surface area contributed by atoms with Gasteiger partial charge in [0, 0.05) is 19.8 Å². The molecule has 13 heteroatoms. The van der Waals surface area contributed by atoms with E-state index < -0.39 is 5.54 Å². The van der Waals surface area contributed by atoms with Crippen LogP contribution >= 0.6 is 0 Å². The van der Waals surface area contributed by atoms with Crippen LogP contribution in [0.5, 0.6) is 0 Å². The molecule has 13 nitrogen and oxygen atoms in total. The van der Waals surface area contributed by atoms with E-state index in [0.29, 0.717) is 72.7 Å². The number of hydrogen-bond donors (Lipinski definition) is 7. The van der Waals surface area contributed by atoms with Crippen molar-refractivity contribution in [2.24, 2.45) is 5.73 Å². The number of aromatic nitrogens is 9. The topological polar surface area (TPSA) is 211 Å². The molecule has 0 aromatic carbocycles. The summed E-state index contributed by atoms with van der Waals surface area (Å²) in [6.45, 7) is 0.00385. The molecule has 0 radical (unpaired) electrons. The zero-order chi connectivity index (χ0) is 20.7. The van der Waals surface area contributed by atoms with Crippen molar-refractivity contribution < 1.29 is 15.3 Å². The predicted molar refractivity (Wildman–Crippen MR) is 99.4 cm³/mol. The molecule has 0 saturated carbocycles. The molecule has 0 amide bonds. The molecule has 3 aromatic rings. The van der Waals surface area contributed by atoms with Gasteiger partial charge in [-0.2, -0.15) is 46.2 Å². The highest BCUT2D eigenvalue weighted by Crippen LogP contribution is 2.35. The van der Waals surface area contributed by atoms with Gasteiger partial charge in [0.2, 0.25) is 0 Å². The van der Waals surface area contributed by atoms with Crippen LogP contribution < -0.4 is 5.73 Å². The summed E-state index contributed by atoms with van der Waals surface area (Å²) in [5.41, 5.74) is 8.49. The fraction of sp³-hybridized carbons (Fsp3) is 0.625. The maximum absolute atomic E-state index is 9.22. The fourth-order valence-electron chi connectivity index (χ4n) is 3.30. The highest BCUT2D eigenvalue weighted by molar-refractivity contribution is 5.45. The predicted octanol–water partition coefficient (Wildman–Crippen LogP) is -1.93. The Morgan fingerprint density at radius 1 is 0.586 bits per heavy atom. The van der Waals surface area contributed by atoms with Crippen LogP contribution in [0.3, 0.4) is 0 Å². The molecule has 3 heterocycles. The van der Waals surface area contributed by atoms with Crippen molar-refractivity contribution in [1.82, 2.24) is 46.2 Å². The van der Waals surface area contributed by atoms with E-state index in [2.05, 4.69) is 46.2 Å². The number of hydrogen-bond acceptors (Lipinski definition) is 10. The van der Waals surface area contributed by atoms with E-state index in [0.717, 1.165) is 0 Å². The fourth-order valence-corrected chi connectivity index (χ4v) is 3.30. The standard InChI is InChI=1S/C16H26N10O3/c17-16(13-10(4-1-7-27)18-24-21-13,14-11(5-2-8-28)19-25-22-14)15-12(6-3-9-29)20-26-23-15/h27-29H,1-9,17H2,(H,18,21,24)(H,19,22,25)(H,20,23,26). The van der Waals surface area contributed by atoms with E-state index in [9.17, 15) is 15.3 Å². The van der Waals surface area contributed by atoms with E-state index >= 15 is 0 Å². The number of nitrogens with one attached hydrogen (secondary N) is 3. The van der Waals surface area contributed by atoms with Gasteiger partial charge in [0.05, 0.1) is 17.1 Å². The molecular formula is C16H26N10O3.